The Hall–Kier alpha value is -2.43. The number of anilines is 1. The van der Waals surface area contributed by atoms with Gasteiger partial charge in [0.15, 0.2) is 5.82 Å². The minimum Gasteiger partial charge on any atom is -0.371 e. The number of halogens is 1. The van der Waals surface area contributed by atoms with Gasteiger partial charge in [0, 0.05) is 12.1 Å². The van der Waals surface area contributed by atoms with Crippen molar-refractivity contribution < 1.29 is 9.31 Å². The number of benzene rings is 2. The van der Waals surface area contributed by atoms with Crippen LogP contribution in [0.15, 0.2) is 42.5 Å². The summed E-state index contributed by atoms with van der Waals surface area (Å²) in [5.74, 6) is -0.624. The highest BCUT2D eigenvalue weighted by Crippen LogP contribution is 2.30. The lowest BCUT2D eigenvalue weighted by Gasteiger charge is -2.16. The molecule has 1 N–H and O–H groups in total. The molecule has 0 spiro atoms. The maximum atomic E-state index is 13.8. The van der Waals surface area contributed by atoms with Gasteiger partial charge in [-0.15, -0.1) is 0 Å². The number of nitrogens with one attached hydrogen (secondary N) is 1. The Kier molecular flexibility index (Phi) is 4.52. The predicted molar refractivity (Wildman–Crippen MR) is 80.9 cm³/mol. The molecule has 2 aromatic carbocycles. The summed E-state index contributed by atoms with van der Waals surface area (Å²) >= 11 is 0. The Morgan fingerprint density at radius 1 is 1.24 bits per heavy atom. The van der Waals surface area contributed by atoms with E-state index in [1.54, 1.807) is 0 Å². The third-order valence-electron chi connectivity index (χ3n) is 3.44. The third-order valence-corrected chi connectivity index (χ3v) is 3.44. The zero-order valence-corrected chi connectivity index (χ0v) is 12.0. The molecule has 110 valence electrons. The summed E-state index contributed by atoms with van der Waals surface area (Å²) in [5.41, 5.74) is 1.83. The van der Waals surface area contributed by atoms with Crippen LogP contribution in [0.5, 0.6) is 0 Å². The molecule has 1 atom stereocenters. The van der Waals surface area contributed by atoms with Crippen LogP contribution in [0.1, 0.15) is 31.0 Å². The number of aryl methyl sites for hydroxylation is 1. The lowest BCUT2D eigenvalue weighted by Crippen LogP contribution is -2.10. The standard InChI is InChI=1S/C16H17FN2O2/c1-3-12-7-9-13(10-8-12)11(2)18-16-14(17)5-4-6-15(16)19(20)21/h4-11,18H,3H2,1-2H3. The van der Waals surface area contributed by atoms with Crippen LogP contribution in [0.3, 0.4) is 0 Å². The van der Waals surface area contributed by atoms with Crippen LogP contribution in [0.25, 0.3) is 0 Å². The van der Waals surface area contributed by atoms with Gasteiger partial charge >= 0.3 is 0 Å². The first-order chi connectivity index (χ1) is 10.0. The van der Waals surface area contributed by atoms with E-state index in [-0.39, 0.29) is 17.4 Å². The van der Waals surface area contributed by atoms with Gasteiger partial charge in [0.05, 0.1) is 4.92 Å². The lowest BCUT2D eigenvalue weighted by molar-refractivity contribution is -0.384. The van der Waals surface area contributed by atoms with Crippen molar-refractivity contribution in [3.8, 4) is 0 Å². The minimum absolute atomic E-state index is 0.0745. The fraction of sp³-hybridized carbons (Fsp3) is 0.250. The van der Waals surface area contributed by atoms with Crippen molar-refractivity contribution in [1.82, 2.24) is 0 Å². The van der Waals surface area contributed by atoms with Crippen LogP contribution in [0, 0.1) is 15.9 Å². The van der Waals surface area contributed by atoms with E-state index < -0.39 is 10.7 Å². The first-order valence-electron chi connectivity index (χ1n) is 6.81. The molecule has 0 saturated carbocycles. The van der Waals surface area contributed by atoms with Crippen molar-refractivity contribution in [1.29, 1.82) is 0 Å². The maximum Gasteiger partial charge on any atom is 0.295 e. The molecular weight excluding hydrogens is 271 g/mol. The second-order valence-electron chi connectivity index (χ2n) is 4.85. The molecule has 21 heavy (non-hydrogen) atoms. The largest absolute Gasteiger partial charge is 0.371 e. The van der Waals surface area contributed by atoms with Crippen molar-refractivity contribution in [3.63, 3.8) is 0 Å². The normalized spacial score (nSPS) is 12.0. The monoisotopic (exact) mass is 288 g/mol. The molecule has 0 bridgehead atoms. The zero-order chi connectivity index (χ0) is 15.4. The molecule has 0 aliphatic carbocycles. The first-order valence-corrected chi connectivity index (χ1v) is 6.81. The van der Waals surface area contributed by atoms with Crippen molar-refractivity contribution in [2.45, 2.75) is 26.3 Å². The number of hydrogen-bond donors (Lipinski definition) is 1. The number of nitro groups is 1. The fourth-order valence-electron chi connectivity index (χ4n) is 2.15. The molecule has 0 fully saturated rings. The molecule has 0 amide bonds. The Balaban J connectivity index is 2.26. The summed E-state index contributed by atoms with van der Waals surface area (Å²) in [7, 11) is 0. The zero-order valence-electron chi connectivity index (χ0n) is 12.0. The highest BCUT2D eigenvalue weighted by atomic mass is 19.1. The van der Waals surface area contributed by atoms with Crippen molar-refractivity contribution in [2.75, 3.05) is 5.32 Å². The van der Waals surface area contributed by atoms with Gasteiger partial charge in [0.1, 0.15) is 5.69 Å². The van der Waals surface area contributed by atoms with Gasteiger partial charge < -0.3 is 5.32 Å². The molecule has 0 aliphatic rings. The van der Waals surface area contributed by atoms with E-state index in [1.807, 2.05) is 31.2 Å². The van der Waals surface area contributed by atoms with E-state index in [0.29, 0.717) is 0 Å². The smallest absolute Gasteiger partial charge is 0.295 e. The van der Waals surface area contributed by atoms with Crippen LogP contribution in [0.4, 0.5) is 15.8 Å². The van der Waals surface area contributed by atoms with Gasteiger partial charge in [0.2, 0.25) is 0 Å². The molecule has 2 rings (SSSR count). The molecule has 0 radical (unpaired) electrons. The average molecular weight is 288 g/mol. The Bertz CT molecular complexity index is 641. The molecule has 0 heterocycles. The van der Waals surface area contributed by atoms with E-state index in [1.165, 1.54) is 23.8 Å². The summed E-state index contributed by atoms with van der Waals surface area (Å²) in [5, 5.41) is 13.9. The van der Waals surface area contributed by atoms with Gasteiger partial charge in [-0.3, -0.25) is 10.1 Å². The highest BCUT2D eigenvalue weighted by Gasteiger charge is 2.19. The molecule has 0 aromatic heterocycles. The number of nitrogens with zero attached hydrogens (tertiary/aromatic N) is 1. The van der Waals surface area contributed by atoms with Crippen LogP contribution in [0.2, 0.25) is 0 Å². The maximum absolute atomic E-state index is 13.8. The second-order valence-corrected chi connectivity index (χ2v) is 4.85. The molecule has 0 saturated heterocycles. The van der Waals surface area contributed by atoms with Crippen LogP contribution in [-0.2, 0) is 6.42 Å². The SMILES string of the molecule is CCc1ccc(C(C)Nc2c(F)cccc2[N+](=O)[O-])cc1. The molecule has 1 unspecified atom stereocenters. The van der Waals surface area contributed by atoms with Gasteiger partial charge in [-0.25, -0.2) is 4.39 Å². The topological polar surface area (TPSA) is 55.2 Å². The van der Waals surface area contributed by atoms with Crippen LogP contribution >= 0.6 is 0 Å². The van der Waals surface area contributed by atoms with Crippen LogP contribution < -0.4 is 5.32 Å². The number of nitro benzene ring substituents is 1. The number of hydrogen-bond acceptors (Lipinski definition) is 3. The Morgan fingerprint density at radius 3 is 2.48 bits per heavy atom. The average Bonchev–Trinajstić information content (AvgIpc) is 2.49. The summed E-state index contributed by atoms with van der Waals surface area (Å²) < 4.78 is 13.8. The lowest BCUT2D eigenvalue weighted by atomic mass is 10.0. The Morgan fingerprint density at radius 2 is 1.90 bits per heavy atom. The van der Waals surface area contributed by atoms with Gasteiger partial charge in [-0.2, -0.15) is 0 Å². The number of rotatable bonds is 5. The second kappa shape index (κ2) is 6.35. The Labute approximate surface area is 122 Å². The van der Waals surface area contributed by atoms with E-state index in [2.05, 4.69) is 12.2 Å². The van der Waals surface area contributed by atoms with Crippen molar-refractivity contribution in [2.24, 2.45) is 0 Å². The predicted octanol–water partition coefficient (Wildman–Crippen LogP) is 4.47. The summed E-state index contributed by atoms with van der Waals surface area (Å²) in [6, 6.07) is 11.5. The number of para-hydroxylation sites is 1. The van der Waals surface area contributed by atoms with E-state index in [9.17, 15) is 14.5 Å². The fourth-order valence-corrected chi connectivity index (χ4v) is 2.15. The van der Waals surface area contributed by atoms with Crippen molar-refractivity contribution >= 4 is 11.4 Å². The molecule has 5 heteroatoms. The van der Waals surface area contributed by atoms with E-state index in [0.717, 1.165) is 12.0 Å². The van der Waals surface area contributed by atoms with E-state index >= 15 is 0 Å². The molecule has 4 nitrogen and oxygen atoms in total. The van der Waals surface area contributed by atoms with Gasteiger partial charge in [-0.1, -0.05) is 37.3 Å². The minimum atomic E-state index is -0.624. The summed E-state index contributed by atoms with van der Waals surface area (Å²) in [4.78, 5) is 10.4. The van der Waals surface area contributed by atoms with Crippen molar-refractivity contribution in [3.05, 3.63) is 69.5 Å². The van der Waals surface area contributed by atoms with Crippen LogP contribution in [-0.4, -0.2) is 4.92 Å². The third kappa shape index (κ3) is 3.37. The first kappa shape index (κ1) is 15.0. The molecule has 0 aliphatic heterocycles. The van der Waals surface area contributed by atoms with Gasteiger partial charge in [-0.05, 0) is 30.5 Å². The van der Waals surface area contributed by atoms with Gasteiger partial charge in [0.25, 0.3) is 5.69 Å². The van der Waals surface area contributed by atoms with E-state index in [4.69, 9.17) is 0 Å². The molecule has 2 aromatic rings. The quantitative estimate of drug-likeness (QED) is 0.652. The molecular formula is C16H17FN2O2. The highest BCUT2D eigenvalue weighted by molar-refractivity contribution is 5.63. The summed E-state index contributed by atoms with van der Waals surface area (Å²) in [6.45, 7) is 3.91. The summed E-state index contributed by atoms with van der Waals surface area (Å²) in [6.07, 6.45) is 0.945.